The van der Waals surface area contributed by atoms with Crippen molar-refractivity contribution in [1.29, 1.82) is 0 Å². The molecule has 0 aromatic rings. The fraction of sp³-hybridized carbons (Fsp3) is 1.00. The lowest BCUT2D eigenvalue weighted by Gasteiger charge is -2.10. The molecule has 0 spiro atoms. The Labute approximate surface area is 63.8 Å². The first kappa shape index (κ1) is 9.93. The minimum Gasteiger partial charge on any atom is -0.247 e. The number of halogens is 1. The van der Waals surface area contributed by atoms with Gasteiger partial charge in [0.15, 0.2) is 0 Å². The van der Waals surface area contributed by atoms with Gasteiger partial charge in [0.25, 0.3) is 0 Å². The maximum atomic E-state index is 12.8. The van der Waals surface area contributed by atoms with Crippen LogP contribution in [-0.2, 0) is 0 Å². The van der Waals surface area contributed by atoms with E-state index in [1.165, 1.54) is 12.8 Å². The van der Waals surface area contributed by atoms with Crippen molar-refractivity contribution in [1.82, 2.24) is 0 Å². The number of hydrogen-bond donors (Lipinski definition) is 0. The molecule has 0 amide bonds. The van der Waals surface area contributed by atoms with Gasteiger partial charge in [-0.05, 0) is 12.3 Å². The highest BCUT2D eigenvalue weighted by Crippen LogP contribution is 2.13. The van der Waals surface area contributed by atoms with Crippen LogP contribution in [0.25, 0.3) is 0 Å². The number of hydrogen-bond acceptors (Lipinski definition) is 0. The molecular weight excluding hydrogens is 127 g/mol. The molecule has 0 aliphatic rings. The molecule has 0 aliphatic heterocycles. The van der Waals surface area contributed by atoms with E-state index >= 15 is 0 Å². The van der Waals surface area contributed by atoms with E-state index in [1.54, 1.807) is 0 Å². The molecule has 0 radical (unpaired) electrons. The first-order chi connectivity index (χ1) is 4.68. The summed E-state index contributed by atoms with van der Waals surface area (Å²) in [7, 11) is 0. The lowest BCUT2D eigenvalue weighted by Crippen LogP contribution is -2.08. The van der Waals surface area contributed by atoms with Crippen molar-refractivity contribution in [2.75, 3.05) is 0 Å². The Morgan fingerprint density at radius 3 is 2.20 bits per heavy atom. The zero-order chi connectivity index (χ0) is 7.98. The average Bonchev–Trinajstić information content (AvgIpc) is 1.88. The molecule has 0 aromatic carbocycles. The zero-order valence-electron chi connectivity index (χ0n) is 7.36. The van der Waals surface area contributed by atoms with Gasteiger partial charge in [-0.25, -0.2) is 4.39 Å². The molecule has 0 saturated heterocycles. The minimum absolute atomic E-state index is 0.205. The highest BCUT2D eigenvalue weighted by Gasteiger charge is 2.09. The lowest BCUT2D eigenvalue weighted by atomic mass is 10.0. The van der Waals surface area contributed by atoms with Gasteiger partial charge < -0.3 is 0 Å². The summed E-state index contributed by atoms with van der Waals surface area (Å²) in [6, 6.07) is 0. The predicted molar refractivity (Wildman–Crippen MR) is 43.9 cm³/mol. The molecule has 0 aromatic heterocycles. The second kappa shape index (κ2) is 5.70. The van der Waals surface area contributed by atoms with E-state index in [0.29, 0.717) is 0 Å². The molecule has 1 atom stereocenters. The quantitative estimate of drug-likeness (QED) is 0.520. The third-order valence-corrected chi connectivity index (χ3v) is 1.81. The molecule has 0 N–H and O–H groups in total. The molecule has 10 heavy (non-hydrogen) atoms. The van der Waals surface area contributed by atoms with E-state index in [4.69, 9.17) is 0 Å². The summed E-state index contributed by atoms with van der Waals surface area (Å²) in [5.41, 5.74) is 0. The summed E-state index contributed by atoms with van der Waals surface area (Å²) >= 11 is 0. The Hall–Kier alpha value is -0.0700. The fourth-order valence-corrected chi connectivity index (χ4v) is 0.923. The van der Waals surface area contributed by atoms with Crippen LogP contribution in [0.4, 0.5) is 4.39 Å². The summed E-state index contributed by atoms with van der Waals surface area (Å²) in [6.45, 7) is 6.02. The maximum Gasteiger partial charge on any atom is 0.102 e. The molecule has 0 bridgehead atoms. The third kappa shape index (κ3) is 4.78. The van der Waals surface area contributed by atoms with Gasteiger partial charge in [0.05, 0.1) is 0 Å². The van der Waals surface area contributed by atoms with Gasteiger partial charge in [-0.3, -0.25) is 0 Å². The van der Waals surface area contributed by atoms with Crippen molar-refractivity contribution in [3.05, 3.63) is 0 Å². The van der Waals surface area contributed by atoms with E-state index in [9.17, 15) is 4.39 Å². The van der Waals surface area contributed by atoms with Crippen LogP contribution in [-0.4, -0.2) is 6.17 Å². The van der Waals surface area contributed by atoms with Crippen molar-refractivity contribution < 1.29 is 4.39 Å². The van der Waals surface area contributed by atoms with E-state index in [2.05, 4.69) is 6.92 Å². The van der Waals surface area contributed by atoms with Crippen LogP contribution in [0.15, 0.2) is 0 Å². The second-order valence-corrected chi connectivity index (χ2v) is 3.26. The molecule has 0 rings (SSSR count). The van der Waals surface area contributed by atoms with Crippen LogP contribution in [0.3, 0.4) is 0 Å². The second-order valence-electron chi connectivity index (χ2n) is 3.26. The molecule has 62 valence electrons. The van der Waals surface area contributed by atoms with Gasteiger partial charge in [-0.2, -0.15) is 0 Å². The van der Waals surface area contributed by atoms with Gasteiger partial charge in [-0.1, -0.05) is 40.0 Å². The van der Waals surface area contributed by atoms with Gasteiger partial charge in [0.2, 0.25) is 0 Å². The normalized spacial score (nSPS) is 14.1. The summed E-state index contributed by atoms with van der Waals surface area (Å²) in [5.74, 6) is 0.205. The standard InChI is InChI=1S/C9H19F/c1-4-5-6-7-9(10)8(2)3/h8-9H,4-7H2,1-3H3. The summed E-state index contributed by atoms with van der Waals surface area (Å²) in [6.07, 6.45) is 3.59. The monoisotopic (exact) mass is 146 g/mol. The number of unbranched alkanes of at least 4 members (excludes halogenated alkanes) is 2. The van der Waals surface area contributed by atoms with Gasteiger partial charge >= 0.3 is 0 Å². The lowest BCUT2D eigenvalue weighted by molar-refractivity contribution is 0.234. The smallest absolute Gasteiger partial charge is 0.102 e. The number of rotatable bonds is 5. The molecule has 0 fully saturated rings. The molecule has 1 unspecified atom stereocenters. The van der Waals surface area contributed by atoms with Crippen LogP contribution < -0.4 is 0 Å². The summed E-state index contributed by atoms with van der Waals surface area (Å²) in [5, 5.41) is 0. The topological polar surface area (TPSA) is 0 Å². The Morgan fingerprint density at radius 2 is 1.80 bits per heavy atom. The van der Waals surface area contributed by atoms with Crippen molar-refractivity contribution in [3.8, 4) is 0 Å². The summed E-state index contributed by atoms with van der Waals surface area (Å²) in [4.78, 5) is 0. The Morgan fingerprint density at radius 1 is 1.20 bits per heavy atom. The van der Waals surface area contributed by atoms with E-state index < -0.39 is 6.17 Å². The van der Waals surface area contributed by atoms with Crippen LogP contribution in [0.1, 0.15) is 46.5 Å². The number of alkyl halides is 1. The molecule has 0 saturated carbocycles. The molecule has 0 aliphatic carbocycles. The van der Waals surface area contributed by atoms with Gasteiger partial charge in [0.1, 0.15) is 6.17 Å². The van der Waals surface area contributed by atoms with Crippen LogP contribution >= 0.6 is 0 Å². The van der Waals surface area contributed by atoms with Crippen LogP contribution in [0.5, 0.6) is 0 Å². The van der Waals surface area contributed by atoms with Gasteiger partial charge in [-0.15, -0.1) is 0 Å². The Balaban J connectivity index is 3.13. The molecule has 0 heterocycles. The first-order valence-electron chi connectivity index (χ1n) is 4.32. The Bertz CT molecular complexity index is 69.1. The maximum absolute atomic E-state index is 12.8. The van der Waals surface area contributed by atoms with E-state index in [-0.39, 0.29) is 5.92 Å². The highest BCUT2D eigenvalue weighted by molar-refractivity contribution is 4.59. The third-order valence-electron chi connectivity index (χ3n) is 1.81. The Kier molecular flexibility index (Phi) is 5.66. The van der Waals surface area contributed by atoms with Crippen molar-refractivity contribution in [2.24, 2.45) is 5.92 Å². The van der Waals surface area contributed by atoms with Crippen LogP contribution in [0, 0.1) is 5.92 Å². The van der Waals surface area contributed by atoms with Gasteiger partial charge in [0, 0.05) is 0 Å². The largest absolute Gasteiger partial charge is 0.247 e. The first-order valence-corrected chi connectivity index (χ1v) is 4.32. The summed E-state index contributed by atoms with van der Waals surface area (Å²) < 4.78 is 12.8. The highest BCUT2D eigenvalue weighted by atomic mass is 19.1. The fourth-order valence-electron chi connectivity index (χ4n) is 0.923. The van der Waals surface area contributed by atoms with E-state index in [0.717, 1.165) is 12.8 Å². The predicted octanol–water partition coefficient (Wildman–Crippen LogP) is 3.56. The molecule has 0 nitrogen and oxygen atoms in total. The van der Waals surface area contributed by atoms with Crippen molar-refractivity contribution in [3.63, 3.8) is 0 Å². The molecular formula is C9H19F. The zero-order valence-corrected chi connectivity index (χ0v) is 7.36. The van der Waals surface area contributed by atoms with Crippen molar-refractivity contribution in [2.45, 2.75) is 52.6 Å². The van der Waals surface area contributed by atoms with Crippen molar-refractivity contribution >= 4 is 0 Å². The minimum atomic E-state index is -0.577. The van der Waals surface area contributed by atoms with Crippen LogP contribution in [0.2, 0.25) is 0 Å². The van der Waals surface area contributed by atoms with E-state index in [1.807, 2.05) is 13.8 Å². The molecule has 1 heteroatoms. The SMILES string of the molecule is CCCCCC(F)C(C)C. The average molecular weight is 146 g/mol.